The van der Waals surface area contributed by atoms with Gasteiger partial charge in [-0.25, -0.2) is 4.98 Å². The molecule has 0 fully saturated rings. The predicted octanol–water partition coefficient (Wildman–Crippen LogP) is 2.13. The minimum absolute atomic E-state index is 0.123. The van der Waals surface area contributed by atoms with E-state index in [1.165, 1.54) is 18.3 Å². The maximum atomic E-state index is 11.9. The Hall–Kier alpha value is -2.02. The molecule has 100 valence electrons. The molecular weight excluding hydrogens is 266 g/mol. The highest BCUT2D eigenvalue weighted by atomic mass is 32.1. The Balaban J connectivity index is 2.03. The second kappa shape index (κ2) is 5.31. The molecular formula is C12H13N3O3S. The quantitative estimate of drug-likeness (QED) is 0.866. The van der Waals surface area contributed by atoms with Crippen molar-refractivity contribution >= 4 is 28.2 Å². The Morgan fingerprint density at radius 3 is 2.68 bits per heavy atom. The van der Waals surface area contributed by atoms with E-state index in [0.29, 0.717) is 22.3 Å². The fraction of sp³-hybridized carbons (Fsp3) is 0.333. The molecule has 0 aliphatic rings. The zero-order chi connectivity index (χ0) is 14.0. The number of carbonyl (C=O) groups is 2. The number of thiazole rings is 1. The van der Waals surface area contributed by atoms with Crippen LogP contribution >= 0.6 is 11.3 Å². The van der Waals surface area contributed by atoms with Gasteiger partial charge in [0.25, 0.3) is 0 Å². The maximum absolute atomic E-state index is 11.9. The van der Waals surface area contributed by atoms with Gasteiger partial charge in [0.05, 0.1) is 12.1 Å². The van der Waals surface area contributed by atoms with Crippen LogP contribution in [0.3, 0.4) is 0 Å². The van der Waals surface area contributed by atoms with E-state index in [2.05, 4.69) is 15.5 Å². The molecule has 2 heterocycles. The number of anilines is 1. The highest BCUT2D eigenvalue weighted by Gasteiger charge is 2.15. The zero-order valence-corrected chi connectivity index (χ0v) is 11.6. The Labute approximate surface area is 113 Å². The first-order valence-electron chi connectivity index (χ1n) is 5.65. The Morgan fingerprint density at radius 1 is 1.42 bits per heavy atom. The summed E-state index contributed by atoms with van der Waals surface area (Å²) in [5.41, 5.74) is 1.84. The minimum Gasteiger partial charge on any atom is -0.361 e. The average Bonchev–Trinajstić information content (AvgIpc) is 2.91. The van der Waals surface area contributed by atoms with E-state index in [1.54, 1.807) is 19.2 Å². The predicted molar refractivity (Wildman–Crippen MR) is 70.4 cm³/mol. The van der Waals surface area contributed by atoms with Gasteiger partial charge in [-0.15, -0.1) is 11.3 Å². The van der Waals surface area contributed by atoms with E-state index >= 15 is 0 Å². The molecule has 19 heavy (non-hydrogen) atoms. The molecule has 1 amide bonds. The van der Waals surface area contributed by atoms with E-state index in [9.17, 15) is 9.59 Å². The molecule has 0 aliphatic carbocycles. The van der Waals surface area contributed by atoms with Crippen molar-refractivity contribution in [1.29, 1.82) is 0 Å². The number of hydrogen-bond acceptors (Lipinski definition) is 6. The summed E-state index contributed by atoms with van der Waals surface area (Å²) >= 11 is 1.22. The maximum Gasteiger partial charge on any atom is 0.230 e. The summed E-state index contributed by atoms with van der Waals surface area (Å²) in [6.45, 7) is 4.99. The third kappa shape index (κ3) is 3.05. The van der Waals surface area contributed by atoms with Gasteiger partial charge in [0.2, 0.25) is 5.91 Å². The van der Waals surface area contributed by atoms with Gasteiger partial charge in [-0.05, 0) is 13.8 Å². The van der Waals surface area contributed by atoms with Crippen molar-refractivity contribution in [3.05, 3.63) is 28.1 Å². The zero-order valence-electron chi connectivity index (χ0n) is 10.8. The first-order valence-corrected chi connectivity index (χ1v) is 6.53. The van der Waals surface area contributed by atoms with Gasteiger partial charge in [-0.2, -0.15) is 0 Å². The number of nitrogens with one attached hydrogen (secondary N) is 1. The summed E-state index contributed by atoms with van der Waals surface area (Å²) in [4.78, 5) is 27.0. The molecule has 0 saturated carbocycles. The molecule has 6 nitrogen and oxygen atoms in total. The number of rotatable bonds is 4. The summed E-state index contributed by atoms with van der Waals surface area (Å²) < 4.78 is 4.99. The van der Waals surface area contributed by atoms with Gasteiger partial charge in [-0.1, -0.05) is 5.16 Å². The molecule has 1 N–H and O–H groups in total. The second-order valence-corrected chi connectivity index (χ2v) is 4.98. The molecule has 2 aromatic heterocycles. The van der Waals surface area contributed by atoms with Crippen LogP contribution in [0.1, 0.15) is 34.4 Å². The van der Waals surface area contributed by atoms with Crippen LogP contribution in [0.2, 0.25) is 0 Å². The van der Waals surface area contributed by atoms with E-state index in [4.69, 9.17) is 4.52 Å². The van der Waals surface area contributed by atoms with E-state index in [0.717, 1.165) is 5.56 Å². The third-order valence-electron chi connectivity index (χ3n) is 2.63. The SMILES string of the molecule is CC(=O)c1csc(NC(=O)Cc2c(C)noc2C)n1. The van der Waals surface area contributed by atoms with Gasteiger partial charge in [-0.3, -0.25) is 9.59 Å². The lowest BCUT2D eigenvalue weighted by Gasteiger charge is -2.00. The molecule has 0 radical (unpaired) electrons. The summed E-state index contributed by atoms with van der Waals surface area (Å²) in [6, 6.07) is 0. The number of ketones is 1. The van der Waals surface area contributed by atoms with E-state index in [1.807, 2.05) is 0 Å². The highest BCUT2D eigenvalue weighted by Crippen LogP contribution is 2.17. The van der Waals surface area contributed by atoms with Gasteiger partial charge >= 0.3 is 0 Å². The minimum atomic E-state index is -0.209. The topological polar surface area (TPSA) is 85.1 Å². The molecule has 0 saturated heterocycles. The fourth-order valence-corrected chi connectivity index (χ4v) is 2.34. The van der Waals surface area contributed by atoms with Gasteiger partial charge in [0.1, 0.15) is 11.5 Å². The number of aromatic nitrogens is 2. The van der Waals surface area contributed by atoms with Gasteiger partial charge < -0.3 is 9.84 Å². The number of amides is 1. The monoisotopic (exact) mass is 279 g/mol. The summed E-state index contributed by atoms with van der Waals surface area (Å²) in [5.74, 6) is 0.303. The normalized spacial score (nSPS) is 10.5. The smallest absolute Gasteiger partial charge is 0.230 e. The lowest BCUT2D eigenvalue weighted by molar-refractivity contribution is -0.115. The Kier molecular flexibility index (Phi) is 3.75. The third-order valence-corrected chi connectivity index (χ3v) is 3.39. The fourth-order valence-electron chi connectivity index (χ4n) is 1.57. The molecule has 0 aromatic carbocycles. The number of carbonyl (C=O) groups excluding carboxylic acids is 2. The van der Waals surface area contributed by atoms with Gasteiger partial charge in [0, 0.05) is 17.9 Å². The van der Waals surface area contributed by atoms with Crippen molar-refractivity contribution in [3.63, 3.8) is 0 Å². The van der Waals surface area contributed by atoms with E-state index in [-0.39, 0.29) is 18.1 Å². The van der Waals surface area contributed by atoms with Crippen molar-refractivity contribution in [3.8, 4) is 0 Å². The van der Waals surface area contributed by atoms with Crippen LogP contribution in [0.4, 0.5) is 5.13 Å². The molecule has 0 unspecified atom stereocenters. The number of nitrogens with zero attached hydrogens (tertiary/aromatic N) is 2. The van der Waals surface area contributed by atoms with Crippen LogP contribution in [0, 0.1) is 13.8 Å². The molecule has 0 atom stereocenters. The van der Waals surface area contributed by atoms with Crippen molar-refractivity contribution in [1.82, 2.24) is 10.1 Å². The van der Waals surface area contributed by atoms with Crippen LogP contribution in [-0.2, 0) is 11.2 Å². The molecule has 2 rings (SSSR count). The standard InChI is InChI=1S/C12H13N3O3S/c1-6-9(8(3)18-15-6)4-11(17)14-12-13-10(5-19-12)7(2)16/h5H,4H2,1-3H3,(H,13,14,17). The van der Waals surface area contributed by atoms with Crippen molar-refractivity contribution in [2.24, 2.45) is 0 Å². The van der Waals surface area contributed by atoms with Crippen molar-refractivity contribution < 1.29 is 14.1 Å². The number of Topliss-reactive ketones (excluding diaryl/α,β-unsaturated/α-hetero) is 1. The summed E-state index contributed by atoms with van der Waals surface area (Å²) in [5, 5.41) is 8.48. The first-order chi connectivity index (χ1) is 8.97. The van der Waals surface area contributed by atoms with E-state index < -0.39 is 0 Å². The molecule has 2 aromatic rings. The summed E-state index contributed by atoms with van der Waals surface area (Å²) in [7, 11) is 0. The lowest BCUT2D eigenvalue weighted by Crippen LogP contribution is -2.15. The lowest BCUT2D eigenvalue weighted by atomic mass is 10.1. The van der Waals surface area contributed by atoms with Crippen LogP contribution in [0.15, 0.2) is 9.90 Å². The van der Waals surface area contributed by atoms with Crippen molar-refractivity contribution in [2.45, 2.75) is 27.2 Å². The van der Waals surface area contributed by atoms with Crippen LogP contribution in [0.5, 0.6) is 0 Å². The van der Waals surface area contributed by atoms with Crippen LogP contribution < -0.4 is 5.32 Å². The largest absolute Gasteiger partial charge is 0.361 e. The highest BCUT2D eigenvalue weighted by molar-refractivity contribution is 7.14. The number of aryl methyl sites for hydroxylation is 2. The summed E-state index contributed by atoms with van der Waals surface area (Å²) in [6.07, 6.45) is 0.177. The molecule has 7 heteroatoms. The first kappa shape index (κ1) is 13.4. The average molecular weight is 279 g/mol. The molecule has 0 bridgehead atoms. The molecule has 0 spiro atoms. The Bertz CT molecular complexity index is 610. The van der Waals surface area contributed by atoms with Gasteiger partial charge in [0.15, 0.2) is 10.9 Å². The Morgan fingerprint density at radius 2 is 2.16 bits per heavy atom. The van der Waals surface area contributed by atoms with Crippen LogP contribution in [-0.4, -0.2) is 21.8 Å². The number of hydrogen-bond donors (Lipinski definition) is 1. The van der Waals surface area contributed by atoms with Crippen LogP contribution in [0.25, 0.3) is 0 Å². The molecule has 0 aliphatic heterocycles. The van der Waals surface area contributed by atoms with Crippen molar-refractivity contribution in [2.75, 3.05) is 5.32 Å². The second-order valence-electron chi connectivity index (χ2n) is 4.12.